The summed E-state index contributed by atoms with van der Waals surface area (Å²) in [6.45, 7) is 6.33. The second kappa shape index (κ2) is 11.6. The number of imide groups is 1. The van der Waals surface area contributed by atoms with Gasteiger partial charge in [-0.2, -0.15) is 0 Å². The molecule has 2 aliphatic rings. The number of amides is 4. The summed E-state index contributed by atoms with van der Waals surface area (Å²) in [5.74, 6) is -1.12. The summed E-state index contributed by atoms with van der Waals surface area (Å²) in [4.78, 5) is 39.8. The summed E-state index contributed by atoms with van der Waals surface area (Å²) in [6, 6.07) is -0.0285. The molecule has 178 valence electrons. The molecule has 0 spiro atoms. The number of carbonyl (C=O) groups excluding carboxylic acids is 3. The van der Waals surface area contributed by atoms with Crippen molar-refractivity contribution in [1.82, 2.24) is 25.7 Å². The molecular formula is C21H33N5O5S. The van der Waals surface area contributed by atoms with Crippen LogP contribution in [0.4, 0.5) is 4.79 Å². The highest BCUT2D eigenvalue weighted by Gasteiger charge is 2.33. The van der Waals surface area contributed by atoms with E-state index >= 15 is 0 Å². The minimum atomic E-state index is -0.656. The van der Waals surface area contributed by atoms with Gasteiger partial charge in [0.25, 0.3) is 5.22 Å². The molecule has 1 aliphatic heterocycles. The molecule has 1 atom stereocenters. The zero-order valence-electron chi connectivity index (χ0n) is 19.0. The molecule has 11 heteroatoms. The van der Waals surface area contributed by atoms with E-state index in [0.717, 1.165) is 0 Å². The number of ether oxygens (including phenoxy) is 1. The van der Waals surface area contributed by atoms with Crippen molar-refractivity contribution in [2.75, 3.05) is 32.6 Å². The van der Waals surface area contributed by atoms with Gasteiger partial charge in [0, 0.05) is 25.0 Å². The van der Waals surface area contributed by atoms with Crippen LogP contribution in [0.5, 0.6) is 0 Å². The molecule has 1 saturated heterocycles. The number of nitrogens with one attached hydrogen (secondary N) is 2. The average molecular weight is 468 g/mol. The van der Waals surface area contributed by atoms with Crippen LogP contribution in [-0.4, -0.2) is 71.5 Å². The minimum Gasteiger partial charge on any atom is -0.415 e. The maximum Gasteiger partial charge on any atom is 0.317 e. The fraction of sp³-hybridized carbons (Fsp3) is 0.762. The Bertz CT molecular complexity index is 787. The number of hydrogen-bond donors (Lipinski definition) is 2. The summed E-state index contributed by atoms with van der Waals surface area (Å²) in [7, 11) is 0. The predicted octanol–water partition coefficient (Wildman–Crippen LogP) is 2.16. The molecule has 4 amide bonds. The molecule has 3 rings (SSSR count). The van der Waals surface area contributed by atoms with Crippen LogP contribution in [0, 0.1) is 11.8 Å². The molecule has 0 aromatic carbocycles. The Morgan fingerprint density at radius 3 is 2.41 bits per heavy atom. The maximum atomic E-state index is 12.9. The zero-order chi connectivity index (χ0) is 23.1. The van der Waals surface area contributed by atoms with Gasteiger partial charge in [-0.3, -0.25) is 14.9 Å². The van der Waals surface area contributed by atoms with E-state index in [0.29, 0.717) is 63.6 Å². The van der Waals surface area contributed by atoms with Crippen molar-refractivity contribution >= 4 is 29.6 Å². The quantitative estimate of drug-likeness (QED) is 0.584. The second-order valence-electron chi connectivity index (χ2n) is 8.74. The van der Waals surface area contributed by atoms with Crippen LogP contribution in [0.15, 0.2) is 9.64 Å². The van der Waals surface area contributed by atoms with Crippen LogP contribution in [0.1, 0.15) is 57.8 Å². The fourth-order valence-electron chi connectivity index (χ4n) is 4.08. The lowest BCUT2D eigenvalue weighted by molar-refractivity contribution is -0.134. The van der Waals surface area contributed by atoms with Gasteiger partial charge in [0.05, 0.1) is 13.2 Å². The Morgan fingerprint density at radius 2 is 1.81 bits per heavy atom. The highest BCUT2D eigenvalue weighted by atomic mass is 32.2. The van der Waals surface area contributed by atoms with Gasteiger partial charge in [-0.1, -0.05) is 25.6 Å². The van der Waals surface area contributed by atoms with E-state index in [2.05, 4.69) is 20.8 Å². The third kappa shape index (κ3) is 6.68. The first-order valence-corrected chi connectivity index (χ1v) is 12.4. The van der Waals surface area contributed by atoms with Crippen LogP contribution >= 0.6 is 11.8 Å². The molecule has 1 aromatic heterocycles. The molecular weight excluding hydrogens is 434 g/mol. The van der Waals surface area contributed by atoms with Crippen LogP contribution in [0.2, 0.25) is 0 Å². The number of aromatic nitrogens is 2. The van der Waals surface area contributed by atoms with E-state index in [1.807, 2.05) is 20.1 Å². The highest BCUT2D eigenvalue weighted by Crippen LogP contribution is 2.27. The third-order valence-electron chi connectivity index (χ3n) is 5.89. The lowest BCUT2D eigenvalue weighted by atomic mass is 9.85. The molecule has 1 aliphatic carbocycles. The summed E-state index contributed by atoms with van der Waals surface area (Å²) in [5.41, 5.74) is 0. The van der Waals surface area contributed by atoms with E-state index in [4.69, 9.17) is 9.15 Å². The first-order chi connectivity index (χ1) is 15.4. The largest absolute Gasteiger partial charge is 0.415 e. The number of nitrogens with zero attached hydrogens (tertiary/aromatic N) is 3. The van der Waals surface area contributed by atoms with E-state index in [1.54, 1.807) is 4.90 Å². The Kier molecular flexibility index (Phi) is 8.92. The van der Waals surface area contributed by atoms with Crippen LogP contribution in [-0.2, 0) is 14.3 Å². The lowest BCUT2D eigenvalue weighted by Gasteiger charge is -2.32. The molecule has 10 nitrogen and oxygen atoms in total. The third-order valence-corrected chi connectivity index (χ3v) is 6.40. The molecule has 32 heavy (non-hydrogen) atoms. The number of hydrogen-bond acceptors (Lipinski definition) is 8. The van der Waals surface area contributed by atoms with Crippen molar-refractivity contribution in [3.05, 3.63) is 5.89 Å². The van der Waals surface area contributed by atoms with Crippen molar-refractivity contribution in [2.45, 2.75) is 63.1 Å². The first-order valence-electron chi connectivity index (χ1n) is 11.2. The summed E-state index contributed by atoms with van der Waals surface area (Å²) in [5, 5.41) is 13.9. The van der Waals surface area contributed by atoms with Crippen molar-refractivity contribution in [1.29, 1.82) is 0 Å². The number of carbonyl (C=O) groups is 3. The number of thioether (sulfide) groups is 1. The summed E-state index contributed by atoms with van der Waals surface area (Å²) < 4.78 is 10.8. The number of urea groups is 1. The summed E-state index contributed by atoms with van der Waals surface area (Å²) in [6.07, 6.45) is 4.99. The topological polar surface area (TPSA) is 127 Å². The first kappa shape index (κ1) is 24.5. The van der Waals surface area contributed by atoms with Gasteiger partial charge in [-0.25, -0.2) is 4.79 Å². The number of rotatable bonds is 7. The smallest absolute Gasteiger partial charge is 0.317 e. The van der Waals surface area contributed by atoms with Gasteiger partial charge >= 0.3 is 6.03 Å². The van der Waals surface area contributed by atoms with Gasteiger partial charge in [0.1, 0.15) is 5.92 Å². The minimum absolute atomic E-state index is 0.0437. The fourth-order valence-corrected chi connectivity index (χ4v) is 4.37. The average Bonchev–Trinajstić information content (AvgIpc) is 3.27. The van der Waals surface area contributed by atoms with Gasteiger partial charge in [-0.15, -0.1) is 10.2 Å². The van der Waals surface area contributed by atoms with Crippen molar-refractivity contribution < 1.29 is 23.5 Å². The molecule has 2 fully saturated rings. The van der Waals surface area contributed by atoms with Gasteiger partial charge < -0.3 is 19.4 Å². The standard InChI is InChI=1S/C21H33N5O5S/c1-13(2)12-16(19-24-25-21(31-19)32-3)18(28)23-17(27)14-4-6-15(7-5-14)22-20(29)26-8-10-30-11-9-26/h13-16H,4-12H2,1-3H3,(H,22,29)(H,23,27,28)/t14?,15?,16-/m1/s1. The molecule has 1 saturated carbocycles. The van der Waals surface area contributed by atoms with Crippen LogP contribution in [0.3, 0.4) is 0 Å². The molecule has 1 aromatic rings. The van der Waals surface area contributed by atoms with Crippen molar-refractivity contribution in [3.63, 3.8) is 0 Å². The Labute approximate surface area is 192 Å². The highest BCUT2D eigenvalue weighted by molar-refractivity contribution is 7.98. The van der Waals surface area contributed by atoms with Gasteiger partial charge in [0.2, 0.25) is 17.7 Å². The molecule has 0 bridgehead atoms. The molecule has 2 N–H and O–H groups in total. The van der Waals surface area contributed by atoms with Crippen LogP contribution < -0.4 is 10.6 Å². The van der Waals surface area contributed by atoms with Gasteiger partial charge in [-0.05, 0) is 44.3 Å². The zero-order valence-corrected chi connectivity index (χ0v) is 19.8. The SMILES string of the molecule is CSc1nnc([C@H](CC(C)C)C(=O)NC(=O)C2CCC(NC(=O)N3CCOCC3)CC2)o1. The van der Waals surface area contributed by atoms with Crippen molar-refractivity contribution in [2.24, 2.45) is 11.8 Å². The second-order valence-corrected chi connectivity index (χ2v) is 9.50. The van der Waals surface area contributed by atoms with E-state index in [1.165, 1.54) is 11.8 Å². The maximum absolute atomic E-state index is 12.9. The number of morpholine rings is 1. The monoisotopic (exact) mass is 467 g/mol. The van der Waals surface area contributed by atoms with E-state index < -0.39 is 11.8 Å². The van der Waals surface area contributed by atoms with E-state index in [9.17, 15) is 14.4 Å². The van der Waals surface area contributed by atoms with Gasteiger partial charge in [0.15, 0.2) is 0 Å². The molecule has 2 heterocycles. The van der Waals surface area contributed by atoms with Crippen molar-refractivity contribution in [3.8, 4) is 0 Å². The lowest BCUT2D eigenvalue weighted by Crippen LogP contribution is -2.50. The predicted molar refractivity (Wildman–Crippen MR) is 118 cm³/mol. The van der Waals surface area contributed by atoms with E-state index in [-0.39, 0.29) is 35.7 Å². The Hall–Kier alpha value is -2.14. The molecule has 0 unspecified atom stereocenters. The van der Waals surface area contributed by atoms with Crippen LogP contribution in [0.25, 0.3) is 0 Å². The normalized spacial score (nSPS) is 22.4. The Balaban J connectivity index is 1.49. The molecule has 0 radical (unpaired) electrons. The Morgan fingerprint density at radius 1 is 1.12 bits per heavy atom. The summed E-state index contributed by atoms with van der Waals surface area (Å²) >= 11 is 1.31.